The van der Waals surface area contributed by atoms with E-state index in [0.717, 1.165) is 21.5 Å². The summed E-state index contributed by atoms with van der Waals surface area (Å²) < 4.78 is 2.16. The largest absolute Gasteiger partial charge is 0.269 e. The van der Waals surface area contributed by atoms with Gasteiger partial charge in [-0.25, -0.2) is 0 Å². The fraction of sp³-hybridized carbons (Fsp3) is 0.0400. The zero-order chi connectivity index (χ0) is 20.2. The van der Waals surface area contributed by atoms with E-state index in [4.69, 9.17) is 0 Å². The smallest absolute Gasteiger partial charge is 0.197 e. The van der Waals surface area contributed by atoms with Crippen molar-refractivity contribution in [1.82, 2.24) is 14.8 Å². The van der Waals surface area contributed by atoms with Gasteiger partial charge in [0.2, 0.25) is 0 Å². The average molecular weight is 426 g/mol. The lowest BCUT2D eigenvalue weighted by molar-refractivity contribution is 0.881. The van der Waals surface area contributed by atoms with Crippen molar-refractivity contribution in [2.24, 2.45) is 0 Å². The summed E-state index contributed by atoms with van der Waals surface area (Å²) in [7, 11) is 0. The molecule has 0 radical (unpaired) electrons. The molecule has 0 saturated carbocycles. The number of benzene rings is 3. The summed E-state index contributed by atoms with van der Waals surface area (Å²) in [5, 5.41) is 12.3. The summed E-state index contributed by atoms with van der Waals surface area (Å²) in [6.45, 7) is 0. The number of rotatable bonds is 6. The predicted octanol–water partition coefficient (Wildman–Crippen LogP) is 6.88. The molecule has 0 atom stereocenters. The van der Waals surface area contributed by atoms with Gasteiger partial charge in [0.05, 0.1) is 10.1 Å². The van der Waals surface area contributed by atoms with Gasteiger partial charge < -0.3 is 0 Å². The van der Waals surface area contributed by atoms with Gasteiger partial charge in [0, 0.05) is 5.69 Å². The summed E-state index contributed by atoms with van der Waals surface area (Å²) >= 11 is 3.41. The zero-order valence-electron chi connectivity index (χ0n) is 16.1. The summed E-state index contributed by atoms with van der Waals surface area (Å²) in [6.07, 6.45) is 0. The minimum atomic E-state index is 0.121. The number of para-hydroxylation sites is 1. The maximum atomic E-state index is 4.62. The molecule has 0 saturated heterocycles. The van der Waals surface area contributed by atoms with Gasteiger partial charge in [0.25, 0.3) is 0 Å². The molecule has 3 aromatic carbocycles. The van der Waals surface area contributed by atoms with Crippen LogP contribution in [0.15, 0.2) is 114 Å². The van der Waals surface area contributed by atoms with Crippen LogP contribution in [0.3, 0.4) is 0 Å². The molecule has 0 aliphatic carbocycles. The van der Waals surface area contributed by atoms with E-state index >= 15 is 0 Å². The molecule has 0 bridgehead atoms. The van der Waals surface area contributed by atoms with Gasteiger partial charge in [-0.05, 0) is 34.7 Å². The van der Waals surface area contributed by atoms with Gasteiger partial charge >= 0.3 is 0 Å². The van der Waals surface area contributed by atoms with E-state index in [-0.39, 0.29) is 5.25 Å². The van der Waals surface area contributed by atoms with Crippen molar-refractivity contribution in [1.29, 1.82) is 0 Å². The van der Waals surface area contributed by atoms with Crippen molar-refractivity contribution in [3.8, 4) is 16.4 Å². The van der Waals surface area contributed by atoms with Crippen molar-refractivity contribution in [3.63, 3.8) is 0 Å². The SMILES string of the molecule is c1ccc(C(Sc2nnc(-c3cccs3)n2-c2ccccc2)c2ccccc2)cc1. The predicted molar refractivity (Wildman–Crippen MR) is 125 cm³/mol. The highest BCUT2D eigenvalue weighted by Crippen LogP contribution is 2.41. The topological polar surface area (TPSA) is 30.7 Å². The van der Waals surface area contributed by atoms with Crippen molar-refractivity contribution >= 4 is 23.1 Å². The minimum absolute atomic E-state index is 0.121. The number of hydrogen-bond acceptors (Lipinski definition) is 4. The first-order valence-corrected chi connectivity index (χ1v) is 11.5. The standard InChI is InChI=1S/C25H19N3S2/c1-4-11-19(12-5-1)23(20-13-6-2-7-14-20)30-25-27-26-24(22-17-10-18-29-22)28(25)21-15-8-3-9-16-21/h1-18,23H. The Labute approximate surface area is 184 Å². The third kappa shape index (κ3) is 3.82. The normalized spacial score (nSPS) is 11.1. The molecule has 0 unspecified atom stereocenters. The highest BCUT2D eigenvalue weighted by atomic mass is 32.2. The molecule has 5 heteroatoms. The second-order valence-corrected chi connectivity index (χ2v) is 8.79. The lowest BCUT2D eigenvalue weighted by Gasteiger charge is -2.18. The minimum Gasteiger partial charge on any atom is -0.269 e. The van der Waals surface area contributed by atoms with Crippen molar-refractivity contribution in [2.45, 2.75) is 10.4 Å². The second-order valence-electron chi connectivity index (χ2n) is 6.77. The van der Waals surface area contributed by atoms with Gasteiger partial charge in [-0.3, -0.25) is 4.57 Å². The molecule has 3 nitrogen and oxygen atoms in total. The maximum Gasteiger partial charge on any atom is 0.197 e. The maximum absolute atomic E-state index is 4.62. The Morgan fingerprint density at radius 1 is 0.667 bits per heavy atom. The number of aromatic nitrogens is 3. The van der Waals surface area contributed by atoms with Gasteiger partial charge in [-0.2, -0.15) is 0 Å². The van der Waals surface area contributed by atoms with E-state index in [0.29, 0.717) is 0 Å². The third-order valence-corrected chi connectivity index (χ3v) is 6.94. The van der Waals surface area contributed by atoms with Crippen LogP contribution in [0.4, 0.5) is 0 Å². The molecule has 0 amide bonds. The Morgan fingerprint density at radius 3 is 1.83 bits per heavy atom. The zero-order valence-corrected chi connectivity index (χ0v) is 17.8. The van der Waals surface area contributed by atoms with E-state index in [2.05, 4.69) is 99.0 Å². The van der Waals surface area contributed by atoms with Crippen LogP contribution in [0, 0.1) is 0 Å². The van der Waals surface area contributed by atoms with E-state index in [1.807, 2.05) is 24.3 Å². The van der Waals surface area contributed by atoms with Crippen LogP contribution in [0.2, 0.25) is 0 Å². The summed E-state index contributed by atoms with van der Waals surface area (Å²) in [6, 6.07) is 35.6. The molecule has 0 aliphatic heterocycles. The first-order chi connectivity index (χ1) is 14.9. The quantitative estimate of drug-likeness (QED) is 0.278. The highest BCUT2D eigenvalue weighted by molar-refractivity contribution is 7.99. The third-order valence-electron chi connectivity index (χ3n) is 4.82. The van der Waals surface area contributed by atoms with Crippen LogP contribution >= 0.6 is 23.1 Å². The van der Waals surface area contributed by atoms with Gasteiger partial charge in [-0.1, -0.05) is 96.7 Å². The Balaban J connectivity index is 1.63. The van der Waals surface area contributed by atoms with E-state index < -0.39 is 0 Å². The first-order valence-electron chi connectivity index (χ1n) is 9.71. The fourth-order valence-electron chi connectivity index (χ4n) is 3.41. The van der Waals surface area contributed by atoms with E-state index in [1.165, 1.54) is 11.1 Å². The summed E-state index contributed by atoms with van der Waals surface area (Å²) in [5.41, 5.74) is 3.55. The lowest BCUT2D eigenvalue weighted by Crippen LogP contribution is -2.02. The molecule has 0 aliphatic rings. The van der Waals surface area contributed by atoms with Crippen molar-refractivity contribution in [2.75, 3.05) is 0 Å². The van der Waals surface area contributed by atoms with Crippen LogP contribution < -0.4 is 0 Å². The van der Waals surface area contributed by atoms with Crippen LogP contribution in [0.25, 0.3) is 16.4 Å². The molecular weight excluding hydrogens is 406 g/mol. The Bertz CT molecular complexity index is 1160. The molecule has 0 N–H and O–H groups in total. The monoisotopic (exact) mass is 425 g/mol. The molecule has 30 heavy (non-hydrogen) atoms. The molecule has 2 heterocycles. The Hall–Kier alpha value is -3.15. The van der Waals surface area contributed by atoms with Gasteiger partial charge in [0.15, 0.2) is 11.0 Å². The highest BCUT2D eigenvalue weighted by Gasteiger charge is 2.22. The Kier molecular flexibility index (Phi) is 5.46. The van der Waals surface area contributed by atoms with Crippen molar-refractivity contribution < 1.29 is 0 Å². The van der Waals surface area contributed by atoms with Crippen molar-refractivity contribution in [3.05, 3.63) is 120 Å². The fourth-order valence-corrected chi connectivity index (χ4v) is 5.29. The number of thiophene rings is 1. The number of hydrogen-bond donors (Lipinski definition) is 0. The summed E-state index contributed by atoms with van der Waals surface area (Å²) in [5.74, 6) is 0.874. The first kappa shape index (κ1) is 18.9. The molecule has 0 spiro atoms. The molecule has 2 aromatic heterocycles. The van der Waals surface area contributed by atoms with Crippen LogP contribution in [0.1, 0.15) is 16.4 Å². The van der Waals surface area contributed by atoms with Crippen LogP contribution in [-0.2, 0) is 0 Å². The molecule has 0 fully saturated rings. The van der Waals surface area contributed by atoms with Gasteiger partial charge in [-0.15, -0.1) is 21.5 Å². The van der Waals surface area contributed by atoms with Crippen LogP contribution in [-0.4, -0.2) is 14.8 Å². The van der Waals surface area contributed by atoms with Gasteiger partial charge in [0.1, 0.15) is 0 Å². The van der Waals surface area contributed by atoms with Crippen LogP contribution in [0.5, 0.6) is 0 Å². The second kappa shape index (κ2) is 8.69. The van der Waals surface area contributed by atoms with E-state index in [1.54, 1.807) is 23.1 Å². The Morgan fingerprint density at radius 2 is 1.27 bits per heavy atom. The molecular formula is C25H19N3S2. The number of nitrogens with zero attached hydrogens (tertiary/aromatic N) is 3. The van der Waals surface area contributed by atoms with E-state index in [9.17, 15) is 0 Å². The average Bonchev–Trinajstić information content (AvgIpc) is 3.49. The molecule has 5 aromatic rings. The summed E-state index contributed by atoms with van der Waals surface area (Å²) in [4.78, 5) is 1.11. The lowest BCUT2D eigenvalue weighted by atomic mass is 10.0. The molecule has 5 rings (SSSR count). The molecule has 146 valence electrons. The number of thioether (sulfide) groups is 1.